The van der Waals surface area contributed by atoms with Gasteiger partial charge in [-0.3, -0.25) is 4.79 Å². The molecule has 1 amide bonds. The van der Waals surface area contributed by atoms with E-state index in [0.29, 0.717) is 13.1 Å². The normalized spacial score (nSPS) is 13.3. The molecule has 0 heterocycles. The molecule has 0 saturated heterocycles. The first-order chi connectivity index (χ1) is 11.2. The third-order valence-electron chi connectivity index (χ3n) is 4.08. The number of carbonyl (C=O) groups excluding carboxylic acids is 1. The fourth-order valence-electron chi connectivity index (χ4n) is 2.73. The molecule has 3 heteroatoms. The lowest BCUT2D eigenvalue weighted by Crippen LogP contribution is -2.36. The number of carbonyl (C=O) groups is 1. The zero-order valence-corrected chi connectivity index (χ0v) is 14.0. The summed E-state index contributed by atoms with van der Waals surface area (Å²) in [6.45, 7) is 3.30. The number of amides is 1. The summed E-state index contributed by atoms with van der Waals surface area (Å²) >= 11 is 0. The Labute approximate surface area is 139 Å². The molecule has 0 radical (unpaired) electrons. The lowest BCUT2D eigenvalue weighted by Gasteiger charge is -2.20. The van der Waals surface area contributed by atoms with Crippen LogP contribution in [0, 0.1) is 5.92 Å². The molecule has 0 fully saturated rings. The van der Waals surface area contributed by atoms with Crippen LogP contribution >= 0.6 is 0 Å². The fraction of sp³-hybridized carbons (Fsp3) is 0.350. The van der Waals surface area contributed by atoms with Crippen molar-refractivity contribution in [3.8, 4) is 0 Å². The van der Waals surface area contributed by atoms with Gasteiger partial charge in [-0.15, -0.1) is 0 Å². The maximum atomic E-state index is 12.2. The van der Waals surface area contributed by atoms with E-state index in [1.54, 1.807) is 0 Å². The van der Waals surface area contributed by atoms with E-state index in [4.69, 9.17) is 0 Å². The maximum Gasteiger partial charge on any atom is 0.224 e. The monoisotopic (exact) mass is 310 g/mol. The molecule has 2 atom stereocenters. The average Bonchev–Trinajstić information content (AvgIpc) is 2.60. The molecule has 2 aromatic rings. The Morgan fingerprint density at radius 2 is 1.57 bits per heavy atom. The van der Waals surface area contributed by atoms with Crippen molar-refractivity contribution in [1.29, 1.82) is 0 Å². The Morgan fingerprint density at radius 3 is 2.17 bits per heavy atom. The van der Waals surface area contributed by atoms with Crippen LogP contribution in [0.2, 0.25) is 0 Å². The fourth-order valence-corrected chi connectivity index (χ4v) is 2.73. The van der Waals surface area contributed by atoms with Gasteiger partial charge in [-0.05, 0) is 24.6 Å². The highest BCUT2D eigenvalue weighted by atomic mass is 16.1. The van der Waals surface area contributed by atoms with Crippen molar-refractivity contribution < 1.29 is 4.79 Å². The second-order valence-electron chi connectivity index (χ2n) is 6.00. The first-order valence-electron chi connectivity index (χ1n) is 8.22. The molecule has 2 unspecified atom stereocenters. The van der Waals surface area contributed by atoms with Crippen LogP contribution in [0.3, 0.4) is 0 Å². The van der Waals surface area contributed by atoms with Crippen molar-refractivity contribution in [1.82, 2.24) is 10.6 Å². The predicted molar refractivity (Wildman–Crippen MR) is 95.4 cm³/mol. The van der Waals surface area contributed by atoms with Crippen molar-refractivity contribution in [2.75, 3.05) is 20.1 Å². The first-order valence-corrected chi connectivity index (χ1v) is 8.22. The van der Waals surface area contributed by atoms with Crippen LogP contribution in [-0.2, 0) is 11.2 Å². The molecule has 0 aliphatic carbocycles. The molecule has 0 aromatic heterocycles. The van der Waals surface area contributed by atoms with Gasteiger partial charge in [0.1, 0.15) is 0 Å². The SMILES string of the molecule is CNCC(C)C(=O)NCC(Cc1ccccc1)c1ccccc1. The average molecular weight is 310 g/mol. The van der Waals surface area contributed by atoms with Crippen molar-refractivity contribution in [3.63, 3.8) is 0 Å². The van der Waals surface area contributed by atoms with E-state index in [9.17, 15) is 4.79 Å². The Hall–Kier alpha value is -2.13. The van der Waals surface area contributed by atoms with Gasteiger partial charge in [0, 0.05) is 24.9 Å². The number of hydrogen-bond donors (Lipinski definition) is 2. The molecule has 2 N–H and O–H groups in total. The van der Waals surface area contributed by atoms with Gasteiger partial charge in [-0.1, -0.05) is 67.6 Å². The second kappa shape index (κ2) is 9.11. The van der Waals surface area contributed by atoms with Crippen molar-refractivity contribution in [2.45, 2.75) is 19.3 Å². The highest BCUT2D eigenvalue weighted by Gasteiger charge is 2.16. The topological polar surface area (TPSA) is 41.1 Å². The number of benzene rings is 2. The molecular formula is C20H26N2O. The quantitative estimate of drug-likeness (QED) is 0.787. The molecule has 2 aromatic carbocycles. The number of rotatable bonds is 8. The number of hydrogen-bond acceptors (Lipinski definition) is 2. The molecule has 0 aliphatic rings. The van der Waals surface area contributed by atoms with Crippen molar-refractivity contribution >= 4 is 5.91 Å². The molecular weight excluding hydrogens is 284 g/mol. The van der Waals surface area contributed by atoms with Crippen LogP contribution in [0.15, 0.2) is 60.7 Å². The summed E-state index contributed by atoms with van der Waals surface area (Å²) in [5.41, 5.74) is 2.55. The summed E-state index contributed by atoms with van der Waals surface area (Å²) in [7, 11) is 1.87. The van der Waals surface area contributed by atoms with Crippen LogP contribution in [0.5, 0.6) is 0 Å². The molecule has 0 bridgehead atoms. The Morgan fingerprint density at radius 1 is 0.957 bits per heavy atom. The van der Waals surface area contributed by atoms with Gasteiger partial charge in [0.05, 0.1) is 0 Å². The zero-order chi connectivity index (χ0) is 16.5. The highest BCUT2D eigenvalue weighted by molar-refractivity contribution is 5.78. The van der Waals surface area contributed by atoms with E-state index in [2.05, 4.69) is 59.2 Å². The zero-order valence-electron chi connectivity index (χ0n) is 14.0. The van der Waals surface area contributed by atoms with E-state index in [1.807, 2.05) is 26.1 Å². The molecule has 3 nitrogen and oxygen atoms in total. The van der Waals surface area contributed by atoms with E-state index >= 15 is 0 Å². The lowest BCUT2D eigenvalue weighted by atomic mass is 9.91. The largest absolute Gasteiger partial charge is 0.355 e. The van der Waals surface area contributed by atoms with E-state index in [0.717, 1.165) is 6.42 Å². The molecule has 23 heavy (non-hydrogen) atoms. The van der Waals surface area contributed by atoms with Gasteiger partial charge >= 0.3 is 0 Å². The van der Waals surface area contributed by atoms with Crippen LogP contribution in [0.1, 0.15) is 24.0 Å². The summed E-state index contributed by atoms with van der Waals surface area (Å²) in [4.78, 5) is 12.2. The predicted octanol–water partition coefficient (Wildman–Crippen LogP) is 2.98. The van der Waals surface area contributed by atoms with Gasteiger partial charge in [0.15, 0.2) is 0 Å². The van der Waals surface area contributed by atoms with Gasteiger partial charge in [-0.2, -0.15) is 0 Å². The first kappa shape index (κ1) is 17.2. The van der Waals surface area contributed by atoms with Gasteiger partial charge < -0.3 is 10.6 Å². The van der Waals surface area contributed by atoms with Crippen LogP contribution in [-0.4, -0.2) is 26.0 Å². The maximum absolute atomic E-state index is 12.2. The summed E-state index contributed by atoms with van der Waals surface area (Å²) in [5, 5.41) is 6.15. The molecule has 0 saturated carbocycles. The summed E-state index contributed by atoms with van der Waals surface area (Å²) in [6, 6.07) is 20.8. The highest BCUT2D eigenvalue weighted by Crippen LogP contribution is 2.20. The summed E-state index contributed by atoms with van der Waals surface area (Å²) in [5.74, 6) is 0.367. The minimum absolute atomic E-state index is 0.0202. The van der Waals surface area contributed by atoms with Crippen LogP contribution < -0.4 is 10.6 Å². The van der Waals surface area contributed by atoms with E-state index < -0.39 is 0 Å². The lowest BCUT2D eigenvalue weighted by molar-refractivity contribution is -0.124. The minimum atomic E-state index is -0.0202. The Balaban J connectivity index is 2.04. The molecule has 0 aliphatic heterocycles. The standard InChI is InChI=1S/C20H26N2O/c1-16(14-21-2)20(23)22-15-19(18-11-7-4-8-12-18)13-17-9-5-3-6-10-17/h3-12,16,19,21H,13-15H2,1-2H3,(H,22,23). The summed E-state index contributed by atoms with van der Waals surface area (Å²) in [6.07, 6.45) is 0.922. The third-order valence-corrected chi connectivity index (χ3v) is 4.08. The van der Waals surface area contributed by atoms with Gasteiger partial charge in [0.2, 0.25) is 5.91 Å². The van der Waals surface area contributed by atoms with Crippen molar-refractivity contribution in [3.05, 3.63) is 71.8 Å². The minimum Gasteiger partial charge on any atom is -0.355 e. The van der Waals surface area contributed by atoms with Crippen molar-refractivity contribution in [2.24, 2.45) is 5.92 Å². The smallest absolute Gasteiger partial charge is 0.224 e. The van der Waals surface area contributed by atoms with Crippen LogP contribution in [0.4, 0.5) is 0 Å². The molecule has 2 rings (SSSR count). The third kappa shape index (κ3) is 5.53. The Bertz CT molecular complexity index is 583. The summed E-state index contributed by atoms with van der Waals surface area (Å²) < 4.78 is 0. The van der Waals surface area contributed by atoms with Crippen LogP contribution in [0.25, 0.3) is 0 Å². The van der Waals surface area contributed by atoms with Gasteiger partial charge in [-0.25, -0.2) is 0 Å². The number of nitrogens with one attached hydrogen (secondary N) is 2. The molecule has 122 valence electrons. The Kier molecular flexibility index (Phi) is 6.82. The molecule has 0 spiro atoms. The van der Waals surface area contributed by atoms with E-state index in [-0.39, 0.29) is 17.7 Å². The van der Waals surface area contributed by atoms with Gasteiger partial charge in [0.25, 0.3) is 0 Å². The van der Waals surface area contributed by atoms with E-state index in [1.165, 1.54) is 11.1 Å². The second-order valence-corrected chi connectivity index (χ2v) is 6.00.